The van der Waals surface area contributed by atoms with Crippen LogP contribution in [-0.2, 0) is 9.59 Å². The van der Waals surface area contributed by atoms with Gasteiger partial charge in [-0.05, 0) is 74.6 Å². The first-order valence-corrected chi connectivity index (χ1v) is 19.5. The minimum atomic E-state index is -0.984. The number of piperidine rings is 3. The molecule has 8 rings (SSSR count). The summed E-state index contributed by atoms with van der Waals surface area (Å²) in [6.45, 7) is 5.36. The Kier molecular flexibility index (Phi) is 10.4. The Morgan fingerprint density at radius 1 is 0.821 bits per heavy atom. The molecule has 5 aliphatic heterocycles. The molecule has 5 aliphatic rings. The van der Waals surface area contributed by atoms with Gasteiger partial charge in [0.05, 0.1) is 32.3 Å². The van der Waals surface area contributed by atoms with Crippen LogP contribution < -0.4 is 20.3 Å². The van der Waals surface area contributed by atoms with Crippen molar-refractivity contribution in [3.63, 3.8) is 0 Å². The number of imide groups is 2. The van der Waals surface area contributed by atoms with Gasteiger partial charge in [0.2, 0.25) is 11.8 Å². The first kappa shape index (κ1) is 37.8. The maximum atomic E-state index is 13.3. The number of rotatable bonds is 9. The highest BCUT2D eigenvalue weighted by molar-refractivity contribution is 6.34. The lowest BCUT2D eigenvalue weighted by molar-refractivity contribution is -0.384. The van der Waals surface area contributed by atoms with Crippen molar-refractivity contribution in [3.8, 4) is 5.75 Å². The number of non-ortho nitro benzene ring substituents is 1. The Labute approximate surface area is 331 Å². The number of nitrogens with zero attached hydrogens (tertiary/aromatic N) is 5. The van der Waals surface area contributed by atoms with E-state index in [1.54, 1.807) is 24.3 Å². The second kappa shape index (κ2) is 15.4. The lowest BCUT2D eigenvalue weighted by Crippen LogP contribution is -2.62. The number of amides is 5. The van der Waals surface area contributed by atoms with Gasteiger partial charge in [-0.25, -0.2) is 0 Å². The predicted molar refractivity (Wildman–Crippen MR) is 206 cm³/mol. The van der Waals surface area contributed by atoms with Crippen LogP contribution in [0.2, 0.25) is 10.0 Å². The minimum absolute atomic E-state index is 0.0427. The van der Waals surface area contributed by atoms with E-state index in [1.165, 1.54) is 24.3 Å². The van der Waals surface area contributed by atoms with E-state index in [1.807, 2.05) is 6.07 Å². The van der Waals surface area contributed by atoms with E-state index in [2.05, 4.69) is 25.3 Å². The van der Waals surface area contributed by atoms with Crippen molar-refractivity contribution >= 4 is 69.8 Å². The fourth-order valence-electron chi connectivity index (χ4n) is 8.40. The number of hydrogen-bond donors (Lipinski definition) is 2. The highest BCUT2D eigenvalue weighted by atomic mass is 35.5. The number of carbonyl (C=O) groups excluding carboxylic acids is 5. The van der Waals surface area contributed by atoms with Crippen LogP contribution in [0.1, 0.15) is 69.6 Å². The fourth-order valence-corrected chi connectivity index (χ4v) is 8.79. The quantitative estimate of drug-likeness (QED) is 0.174. The first-order chi connectivity index (χ1) is 26.9. The van der Waals surface area contributed by atoms with E-state index in [9.17, 15) is 34.1 Å². The standard InChI is InChI=1S/C39H39Cl2N7O8/c40-22-1-7-34(30(17-22)36(50)42-32-5-3-25(48(54)55)19-31(32)41)56-27-11-15-44(16-12-27)23-9-13-45(14-10-23)26-20-46(21-26)24-2-4-28-29(18-24)39(53)47(38(28)52)33-6-8-35(49)43-37(33)51/h1-5,7,17-19,23,26-27,33H,6,8-16,20-21H2,(H,42,50)(H,43,49,51). The first-order valence-electron chi connectivity index (χ1n) is 18.7. The molecule has 0 radical (unpaired) electrons. The number of ether oxygens (including phenoxy) is 1. The predicted octanol–water partition coefficient (Wildman–Crippen LogP) is 4.75. The van der Waals surface area contributed by atoms with Gasteiger partial charge in [0.25, 0.3) is 23.4 Å². The summed E-state index contributed by atoms with van der Waals surface area (Å²) in [6.07, 6.45) is 3.83. The fraction of sp³-hybridized carbons (Fsp3) is 0.410. The van der Waals surface area contributed by atoms with E-state index >= 15 is 0 Å². The molecule has 0 bridgehead atoms. The van der Waals surface area contributed by atoms with Crippen LogP contribution in [0.25, 0.3) is 0 Å². The lowest BCUT2D eigenvalue weighted by Gasteiger charge is -2.50. The smallest absolute Gasteiger partial charge is 0.271 e. The van der Waals surface area contributed by atoms with Crippen molar-refractivity contribution in [1.82, 2.24) is 20.0 Å². The zero-order chi connectivity index (χ0) is 39.2. The molecule has 4 saturated heterocycles. The molecule has 0 aromatic heterocycles. The second-order valence-corrected chi connectivity index (χ2v) is 15.7. The number of carbonyl (C=O) groups is 5. The van der Waals surface area contributed by atoms with Gasteiger partial charge in [-0.15, -0.1) is 0 Å². The molecule has 56 heavy (non-hydrogen) atoms. The monoisotopic (exact) mass is 803 g/mol. The normalized spacial score (nSPS) is 21.5. The molecule has 17 heteroatoms. The summed E-state index contributed by atoms with van der Waals surface area (Å²) >= 11 is 12.5. The maximum Gasteiger partial charge on any atom is 0.271 e. The van der Waals surface area contributed by atoms with Crippen molar-refractivity contribution in [2.24, 2.45) is 0 Å². The molecule has 3 aromatic rings. The zero-order valence-electron chi connectivity index (χ0n) is 30.2. The highest BCUT2D eigenvalue weighted by Crippen LogP contribution is 2.35. The molecule has 15 nitrogen and oxygen atoms in total. The summed E-state index contributed by atoms with van der Waals surface area (Å²) in [6, 6.07) is 13.9. The van der Waals surface area contributed by atoms with Crippen LogP contribution >= 0.6 is 23.2 Å². The largest absolute Gasteiger partial charge is 0.489 e. The van der Waals surface area contributed by atoms with Gasteiger partial charge in [-0.2, -0.15) is 0 Å². The molecule has 2 N–H and O–H groups in total. The summed E-state index contributed by atoms with van der Waals surface area (Å²) in [5.74, 6) is -2.11. The highest BCUT2D eigenvalue weighted by Gasteiger charge is 2.45. The second-order valence-electron chi connectivity index (χ2n) is 14.9. The van der Waals surface area contributed by atoms with E-state index < -0.39 is 40.5 Å². The van der Waals surface area contributed by atoms with E-state index in [0.717, 1.165) is 75.5 Å². The van der Waals surface area contributed by atoms with Gasteiger partial charge in [0.1, 0.15) is 17.9 Å². The molecule has 5 heterocycles. The molecule has 292 valence electrons. The Bertz CT molecular complexity index is 2130. The number of likely N-dealkylation sites (tertiary alicyclic amines) is 2. The number of fused-ring (bicyclic) bond motifs is 1. The average Bonchev–Trinajstić information content (AvgIpc) is 3.41. The molecule has 0 saturated carbocycles. The number of nitro benzene ring substituents is 1. The molecular weight excluding hydrogens is 765 g/mol. The van der Waals surface area contributed by atoms with Crippen molar-refractivity contribution in [1.29, 1.82) is 0 Å². The van der Waals surface area contributed by atoms with Crippen LogP contribution in [0.5, 0.6) is 5.75 Å². The summed E-state index contributed by atoms with van der Waals surface area (Å²) < 4.78 is 6.36. The van der Waals surface area contributed by atoms with Gasteiger partial charge in [0, 0.05) is 80.6 Å². The molecular formula is C39H39Cl2N7O8. The maximum absolute atomic E-state index is 13.3. The van der Waals surface area contributed by atoms with Crippen LogP contribution in [0, 0.1) is 10.1 Å². The molecule has 5 amide bonds. The molecule has 3 aromatic carbocycles. The van der Waals surface area contributed by atoms with Gasteiger partial charge in [-0.1, -0.05) is 23.2 Å². The number of anilines is 2. The Balaban J connectivity index is 0.799. The van der Waals surface area contributed by atoms with Crippen molar-refractivity contribution in [3.05, 3.63) is 91.4 Å². The van der Waals surface area contributed by atoms with E-state index in [0.29, 0.717) is 28.4 Å². The number of nitrogens with one attached hydrogen (secondary N) is 2. The Morgan fingerprint density at radius 2 is 1.52 bits per heavy atom. The van der Waals surface area contributed by atoms with Crippen LogP contribution in [0.3, 0.4) is 0 Å². The molecule has 1 atom stereocenters. The van der Waals surface area contributed by atoms with Gasteiger partial charge < -0.3 is 19.9 Å². The van der Waals surface area contributed by atoms with Gasteiger partial charge >= 0.3 is 0 Å². The third-order valence-electron chi connectivity index (χ3n) is 11.6. The summed E-state index contributed by atoms with van der Waals surface area (Å²) in [5.41, 5.74) is 1.74. The average molecular weight is 805 g/mol. The van der Waals surface area contributed by atoms with Crippen molar-refractivity contribution < 1.29 is 33.6 Å². The topological polar surface area (TPSA) is 175 Å². The van der Waals surface area contributed by atoms with E-state index in [4.69, 9.17) is 27.9 Å². The third kappa shape index (κ3) is 7.43. The summed E-state index contributed by atoms with van der Waals surface area (Å²) in [5, 5.41) is 16.4. The number of benzene rings is 3. The number of nitro groups is 1. The number of hydrogen-bond acceptors (Lipinski definition) is 11. The van der Waals surface area contributed by atoms with Gasteiger partial charge in [0.15, 0.2) is 0 Å². The van der Waals surface area contributed by atoms with Crippen LogP contribution in [0.4, 0.5) is 17.1 Å². The summed E-state index contributed by atoms with van der Waals surface area (Å²) in [7, 11) is 0. The Morgan fingerprint density at radius 3 is 2.21 bits per heavy atom. The molecule has 1 unspecified atom stereocenters. The van der Waals surface area contributed by atoms with E-state index in [-0.39, 0.29) is 46.5 Å². The number of halogens is 2. The van der Waals surface area contributed by atoms with Crippen LogP contribution in [-0.4, -0.2) is 113 Å². The van der Waals surface area contributed by atoms with Crippen molar-refractivity contribution in [2.45, 2.75) is 62.8 Å². The molecule has 0 spiro atoms. The lowest BCUT2D eigenvalue weighted by atomic mass is 9.95. The Hall–Kier alpha value is -5.09. The zero-order valence-corrected chi connectivity index (χ0v) is 31.8. The minimum Gasteiger partial charge on any atom is -0.489 e. The SMILES string of the molecule is O=C1CCC(N2C(=O)c3ccc(N4CC(N5CCC(N6CCC(Oc7ccc(Cl)cc7C(=O)Nc7ccc([N+](=O)[O-])cc7Cl)CC6)CC5)C4)cc3C2=O)C(=O)N1. The van der Waals surface area contributed by atoms with Crippen LogP contribution in [0.15, 0.2) is 54.6 Å². The third-order valence-corrected chi connectivity index (χ3v) is 12.1. The molecule has 0 aliphatic carbocycles. The summed E-state index contributed by atoms with van der Waals surface area (Å²) in [4.78, 5) is 82.5. The van der Waals surface area contributed by atoms with Gasteiger partial charge in [-0.3, -0.25) is 49.2 Å². The molecule has 4 fully saturated rings. The van der Waals surface area contributed by atoms with Crippen molar-refractivity contribution in [2.75, 3.05) is 49.5 Å².